The summed E-state index contributed by atoms with van der Waals surface area (Å²) in [6.45, 7) is 4.91. The maximum atomic E-state index is 11.6. The molecule has 0 saturated heterocycles. The smallest absolute Gasteiger partial charge is 0.221 e. The molecule has 20 heavy (non-hydrogen) atoms. The number of nitrogens with zero attached hydrogens (tertiary/aromatic N) is 3. The summed E-state index contributed by atoms with van der Waals surface area (Å²) in [5.74, 6) is 0.746. The predicted molar refractivity (Wildman–Crippen MR) is 82.8 cm³/mol. The zero-order valence-electron chi connectivity index (χ0n) is 11.4. The van der Waals surface area contributed by atoms with Crippen molar-refractivity contribution >= 4 is 44.6 Å². The van der Waals surface area contributed by atoms with Crippen LogP contribution in [0.25, 0.3) is 11.2 Å². The van der Waals surface area contributed by atoms with Gasteiger partial charge >= 0.3 is 0 Å². The number of nitrogens with one attached hydrogen (secondary N) is 1. The Balaban J connectivity index is 2.34. The molecule has 0 saturated carbocycles. The van der Waals surface area contributed by atoms with Crippen LogP contribution in [-0.2, 0) is 11.3 Å². The van der Waals surface area contributed by atoms with Crippen LogP contribution in [0, 0.1) is 0 Å². The Morgan fingerprint density at radius 3 is 3.00 bits per heavy atom. The van der Waals surface area contributed by atoms with E-state index in [0.717, 1.165) is 21.5 Å². The molecular weight excluding hydrogens is 344 g/mol. The highest BCUT2D eigenvalue weighted by molar-refractivity contribution is 9.10. The highest BCUT2D eigenvalue weighted by Crippen LogP contribution is 2.25. The van der Waals surface area contributed by atoms with E-state index in [2.05, 4.69) is 31.2 Å². The number of aryl methyl sites for hydroxylation is 1. The van der Waals surface area contributed by atoms with E-state index in [0.29, 0.717) is 19.5 Å². The van der Waals surface area contributed by atoms with Crippen LogP contribution in [-0.4, -0.2) is 27.0 Å². The number of hydrogen-bond donors (Lipinski definition) is 1. The van der Waals surface area contributed by atoms with Gasteiger partial charge < -0.3 is 9.88 Å². The third kappa shape index (κ3) is 3.30. The lowest BCUT2D eigenvalue weighted by molar-refractivity contribution is -0.121. The van der Waals surface area contributed by atoms with Gasteiger partial charge in [-0.1, -0.05) is 0 Å². The van der Waals surface area contributed by atoms with E-state index in [1.54, 1.807) is 6.20 Å². The fraction of sp³-hybridized carbons (Fsp3) is 0.462. The minimum absolute atomic E-state index is 0.0136. The Morgan fingerprint density at radius 2 is 2.35 bits per heavy atom. The van der Waals surface area contributed by atoms with Gasteiger partial charge in [0.25, 0.3) is 0 Å². The van der Waals surface area contributed by atoms with Crippen molar-refractivity contribution in [3.8, 4) is 0 Å². The minimum atomic E-state index is -0.239. The number of rotatable bonds is 5. The minimum Gasteiger partial charge on any atom is -0.356 e. The number of alkyl halides is 1. The van der Waals surface area contributed by atoms with Crippen molar-refractivity contribution in [1.29, 1.82) is 0 Å². The van der Waals surface area contributed by atoms with E-state index in [4.69, 9.17) is 11.6 Å². The molecule has 2 rings (SSSR count). The van der Waals surface area contributed by atoms with Crippen LogP contribution in [0.2, 0.25) is 0 Å². The van der Waals surface area contributed by atoms with Gasteiger partial charge in [0.05, 0.1) is 5.38 Å². The maximum absolute atomic E-state index is 11.6. The van der Waals surface area contributed by atoms with E-state index < -0.39 is 0 Å². The second-order valence-corrected chi connectivity index (χ2v) is 6.01. The average Bonchev–Trinajstić information content (AvgIpc) is 2.74. The van der Waals surface area contributed by atoms with Crippen LogP contribution in [0.3, 0.4) is 0 Å². The number of carbonyl (C=O) groups is 1. The van der Waals surface area contributed by atoms with Gasteiger partial charge in [-0.2, -0.15) is 0 Å². The number of pyridine rings is 1. The van der Waals surface area contributed by atoms with Crippen LogP contribution in [0.4, 0.5) is 0 Å². The first-order valence-electron chi connectivity index (χ1n) is 6.45. The monoisotopic (exact) mass is 358 g/mol. The molecule has 1 amide bonds. The van der Waals surface area contributed by atoms with Gasteiger partial charge in [-0.3, -0.25) is 4.79 Å². The van der Waals surface area contributed by atoms with Crippen molar-refractivity contribution in [3.05, 3.63) is 22.6 Å². The maximum Gasteiger partial charge on any atom is 0.221 e. The number of halogens is 2. The van der Waals surface area contributed by atoms with Crippen LogP contribution in [0.15, 0.2) is 16.7 Å². The molecule has 1 unspecified atom stereocenters. The molecule has 1 N–H and O–H groups in total. The molecular formula is C13H16BrClN4O. The Labute approximate surface area is 130 Å². The molecule has 0 aliphatic carbocycles. The number of fused-ring (bicyclic) bond motifs is 1. The molecule has 0 radical (unpaired) electrons. The van der Waals surface area contributed by atoms with Crippen molar-refractivity contribution in [3.63, 3.8) is 0 Å². The quantitative estimate of drug-likeness (QED) is 0.835. The van der Waals surface area contributed by atoms with Crippen molar-refractivity contribution in [2.24, 2.45) is 0 Å². The van der Waals surface area contributed by atoms with Gasteiger partial charge in [0.1, 0.15) is 11.3 Å². The Hall–Kier alpha value is -1.14. The number of hydrogen-bond acceptors (Lipinski definition) is 3. The first kappa shape index (κ1) is 15.3. The lowest BCUT2D eigenvalue weighted by Crippen LogP contribution is -2.24. The highest BCUT2D eigenvalue weighted by atomic mass is 79.9. The molecule has 0 aliphatic heterocycles. The van der Waals surface area contributed by atoms with E-state index in [-0.39, 0.29) is 11.3 Å². The number of amides is 1. The van der Waals surface area contributed by atoms with Gasteiger partial charge in [0.2, 0.25) is 5.91 Å². The normalized spacial score (nSPS) is 12.6. The summed E-state index contributed by atoms with van der Waals surface area (Å²) in [5, 5.41) is 2.54. The fourth-order valence-corrected chi connectivity index (χ4v) is 2.51. The summed E-state index contributed by atoms with van der Waals surface area (Å²) in [4.78, 5) is 20.5. The summed E-state index contributed by atoms with van der Waals surface area (Å²) in [6, 6.07) is 1.90. The van der Waals surface area contributed by atoms with Gasteiger partial charge in [-0.05, 0) is 35.8 Å². The number of imidazole rings is 1. The number of carbonyl (C=O) groups excluding carboxylic acids is 1. The molecule has 0 fully saturated rings. The van der Waals surface area contributed by atoms with Crippen molar-refractivity contribution in [2.45, 2.75) is 32.2 Å². The SMILES string of the molecule is CCNC(=O)CCn1c(C(C)Cl)nc2cc(Br)cnc21. The molecule has 0 bridgehead atoms. The topological polar surface area (TPSA) is 59.8 Å². The number of aromatic nitrogens is 3. The average molecular weight is 360 g/mol. The predicted octanol–water partition coefficient (Wildman–Crippen LogP) is 3.02. The molecule has 0 aromatic carbocycles. The Kier molecular flexibility index (Phi) is 4.99. The van der Waals surface area contributed by atoms with E-state index >= 15 is 0 Å². The lowest BCUT2D eigenvalue weighted by atomic mass is 10.3. The van der Waals surface area contributed by atoms with Gasteiger partial charge in [-0.15, -0.1) is 11.6 Å². The summed E-state index contributed by atoms with van der Waals surface area (Å²) in [6.07, 6.45) is 2.10. The van der Waals surface area contributed by atoms with Crippen molar-refractivity contribution < 1.29 is 4.79 Å². The van der Waals surface area contributed by atoms with Crippen LogP contribution >= 0.6 is 27.5 Å². The molecule has 1 atom stereocenters. The van der Waals surface area contributed by atoms with Crippen LogP contribution in [0.1, 0.15) is 31.5 Å². The summed E-state index contributed by atoms with van der Waals surface area (Å²) >= 11 is 9.55. The molecule has 2 heterocycles. The van der Waals surface area contributed by atoms with E-state index in [1.165, 1.54) is 0 Å². The molecule has 0 spiro atoms. The van der Waals surface area contributed by atoms with Crippen LogP contribution < -0.4 is 5.32 Å². The van der Waals surface area contributed by atoms with Crippen LogP contribution in [0.5, 0.6) is 0 Å². The summed E-state index contributed by atoms with van der Waals surface area (Å²) in [7, 11) is 0. The van der Waals surface area contributed by atoms with Crippen molar-refractivity contribution in [1.82, 2.24) is 19.9 Å². The fourth-order valence-electron chi connectivity index (χ4n) is 2.03. The molecule has 2 aromatic rings. The molecule has 2 aromatic heterocycles. The first-order valence-corrected chi connectivity index (χ1v) is 7.68. The standard InChI is InChI=1S/C13H16BrClN4O/c1-3-16-11(20)4-5-19-12(8(2)15)18-10-6-9(14)7-17-13(10)19/h6-8H,3-5H2,1-2H3,(H,16,20). The largest absolute Gasteiger partial charge is 0.356 e. The van der Waals surface area contributed by atoms with Gasteiger partial charge in [0, 0.05) is 30.2 Å². The third-order valence-electron chi connectivity index (χ3n) is 2.87. The zero-order chi connectivity index (χ0) is 14.7. The summed E-state index contributed by atoms with van der Waals surface area (Å²) < 4.78 is 2.78. The van der Waals surface area contributed by atoms with E-state index in [1.807, 2.05) is 24.5 Å². The molecule has 5 nitrogen and oxygen atoms in total. The lowest BCUT2D eigenvalue weighted by Gasteiger charge is -2.09. The van der Waals surface area contributed by atoms with Crippen molar-refractivity contribution in [2.75, 3.05) is 6.54 Å². The van der Waals surface area contributed by atoms with Gasteiger partial charge in [-0.25, -0.2) is 9.97 Å². The van der Waals surface area contributed by atoms with Gasteiger partial charge in [0.15, 0.2) is 5.65 Å². The van der Waals surface area contributed by atoms with E-state index in [9.17, 15) is 4.79 Å². The summed E-state index contributed by atoms with van der Waals surface area (Å²) in [5.41, 5.74) is 1.53. The first-order chi connectivity index (χ1) is 9.52. The second kappa shape index (κ2) is 6.54. The molecule has 0 aliphatic rings. The Bertz CT molecular complexity index is 626. The zero-order valence-corrected chi connectivity index (χ0v) is 13.7. The Morgan fingerprint density at radius 1 is 1.60 bits per heavy atom. The second-order valence-electron chi connectivity index (χ2n) is 4.44. The highest BCUT2D eigenvalue weighted by Gasteiger charge is 2.16. The molecule has 108 valence electrons. The molecule has 7 heteroatoms. The third-order valence-corrected chi connectivity index (χ3v) is 3.50.